The van der Waals surface area contributed by atoms with Crippen LogP contribution in [-0.2, 0) is 24.2 Å². The minimum atomic E-state index is -3.66. The Morgan fingerprint density at radius 2 is 1.89 bits per heavy atom. The number of hydrogen-bond acceptors (Lipinski definition) is 7. The Morgan fingerprint density at radius 1 is 1.15 bits per heavy atom. The van der Waals surface area contributed by atoms with E-state index in [2.05, 4.69) is 10.6 Å². The topological polar surface area (TPSA) is 102 Å². The molecule has 2 aromatic heterocycles. The van der Waals surface area contributed by atoms with Crippen LogP contribution in [0.4, 0.5) is 0 Å². The molecule has 146 valence electrons. The lowest BCUT2D eigenvalue weighted by atomic mass is 10.2. The predicted octanol–water partition coefficient (Wildman–Crippen LogP) is 1.74. The standard InChI is InChI=1S/C17H20N2O5S3/c20-16(18-10-12-4-1-7-24-12)17(21)19-11-14(13-5-2-8-25-13)27(22,23)15-6-3-9-26-15/h2-3,5-6,8-9,12,14H,1,4,7,10-11H2,(H,18,20)(H,19,21)/t12-,14-/m1/s1. The molecule has 10 heteroatoms. The summed E-state index contributed by atoms with van der Waals surface area (Å²) in [6.45, 7) is 0.761. The van der Waals surface area contributed by atoms with E-state index in [0.29, 0.717) is 11.5 Å². The van der Waals surface area contributed by atoms with Crippen molar-refractivity contribution in [1.82, 2.24) is 10.6 Å². The lowest BCUT2D eigenvalue weighted by molar-refractivity contribution is -0.139. The molecule has 27 heavy (non-hydrogen) atoms. The van der Waals surface area contributed by atoms with Crippen molar-refractivity contribution in [1.29, 1.82) is 0 Å². The molecule has 2 N–H and O–H groups in total. The number of carbonyl (C=O) groups excluding carboxylic acids is 2. The maximum atomic E-state index is 12.9. The van der Waals surface area contributed by atoms with Gasteiger partial charge in [0, 0.05) is 24.6 Å². The molecule has 1 saturated heterocycles. The van der Waals surface area contributed by atoms with E-state index in [0.717, 1.165) is 24.2 Å². The average Bonchev–Trinajstić information content (AvgIpc) is 3.42. The van der Waals surface area contributed by atoms with E-state index in [1.165, 1.54) is 17.4 Å². The highest BCUT2D eigenvalue weighted by atomic mass is 32.2. The number of carbonyl (C=O) groups is 2. The second kappa shape index (κ2) is 8.96. The fourth-order valence-corrected chi connectivity index (χ4v) is 6.75. The first kappa shape index (κ1) is 20.0. The molecule has 3 heterocycles. The molecule has 0 saturated carbocycles. The van der Waals surface area contributed by atoms with Crippen molar-refractivity contribution in [3.8, 4) is 0 Å². The van der Waals surface area contributed by atoms with Crippen LogP contribution in [0.3, 0.4) is 0 Å². The molecular weight excluding hydrogens is 408 g/mol. The van der Waals surface area contributed by atoms with E-state index in [1.54, 1.807) is 29.0 Å². The normalized spacial score (nSPS) is 18.1. The van der Waals surface area contributed by atoms with Crippen LogP contribution in [0.15, 0.2) is 39.2 Å². The van der Waals surface area contributed by atoms with E-state index in [4.69, 9.17) is 4.74 Å². The monoisotopic (exact) mass is 428 g/mol. The third-order valence-corrected chi connectivity index (χ3v) is 8.83. The Bertz CT molecular complexity index is 857. The van der Waals surface area contributed by atoms with Gasteiger partial charge in [0.05, 0.1) is 6.10 Å². The minimum absolute atomic E-state index is 0.0696. The first-order valence-electron chi connectivity index (χ1n) is 8.47. The summed E-state index contributed by atoms with van der Waals surface area (Å²) in [6, 6.07) is 6.67. The number of nitrogens with one attached hydrogen (secondary N) is 2. The van der Waals surface area contributed by atoms with Gasteiger partial charge in [-0.25, -0.2) is 8.42 Å². The molecule has 2 amide bonds. The Labute approximate surface area is 165 Å². The second-order valence-electron chi connectivity index (χ2n) is 6.04. The Kier molecular flexibility index (Phi) is 6.64. The third kappa shape index (κ3) is 4.95. The zero-order chi connectivity index (χ0) is 19.3. The zero-order valence-electron chi connectivity index (χ0n) is 14.4. The van der Waals surface area contributed by atoms with Gasteiger partial charge in [0.15, 0.2) is 9.84 Å². The zero-order valence-corrected chi connectivity index (χ0v) is 16.9. The average molecular weight is 429 g/mol. The molecule has 0 aliphatic carbocycles. The lowest BCUT2D eigenvalue weighted by Gasteiger charge is -2.16. The quantitative estimate of drug-likeness (QED) is 0.654. The van der Waals surface area contributed by atoms with Crippen molar-refractivity contribution in [3.05, 3.63) is 39.9 Å². The fraction of sp³-hybridized carbons (Fsp3) is 0.412. The van der Waals surface area contributed by atoms with E-state index in [1.807, 2.05) is 0 Å². The molecule has 0 radical (unpaired) electrons. The Morgan fingerprint density at radius 3 is 2.52 bits per heavy atom. The SMILES string of the molecule is O=C(NC[C@H]1CCCO1)C(=O)NC[C@H](c1cccs1)S(=O)(=O)c1cccs1. The molecule has 1 fully saturated rings. The number of sulfone groups is 1. The number of hydrogen-bond donors (Lipinski definition) is 2. The smallest absolute Gasteiger partial charge is 0.309 e. The van der Waals surface area contributed by atoms with Crippen LogP contribution in [0.25, 0.3) is 0 Å². The van der Waals surface area contributed by atoms with Crippen LogP contribution in [0.2, 0.25) is 0 Å². The van der Waals surface area contributed by atoms with Gasteiger partial charge in [-0.1, -0.05) is 12.1 Å². The van der Waals surface area contributed by atoms with Crippen molar-refractivity contribution in [2.24, 2.45) is 0 Å². The van der Waals surface area contributed by atoms with Crippen LogP contribution in [0, 0.1) is 0 Å². The predicted molar refractivity (Wildman–Crippen MR) is 104 cm³/mol. The van der Waals surface area contributed by atoms with Gasteiger partial charge in [-0.05, 0) is 35.7 Å². The summed E-state index contributed by atoms with van der Waals surface area (Å²) < 4.78 is 31.5. The van der Waals surface area contributed by atoms with Gasteiger partial charge in [-0.2, -0.15) is 0 Å². The molecule has 2 aromatic rings. The van der Waals surface area contributed by atoms with Crippen LogP contribution in [-0.4, -0.2) is 46.0 Å². The largest absolute Gasteiger partial charge is 0.376 e. The van der Waals surface area contributed by atoms with Crippen molar-refractivity contribution >= 4 is 44.3 Å². The summed E-state index contributed by atoms with van der Waals surface area (Å²) in [7, 11) is -3.66. The molecule has 1 aliphatic heterocycles. The molecule has 0 bridgehead atoms. The molecule has 0 spiro atoms. The van der Waals surface area contributed by atoms with Gasteiger partial charge in [-0.3, -0.25) is 9.59 Å². The van der Waals surface area contributed by atoms with Gasteiger partial charge >= 0.3 is 11.8 Å². The summed E-state index contributed by atoms with van der Waals surface area (Å²) in [5, 5.41) is 7.51. The number of ether oxygens (including phenoxy) is 1. The van der Waals surface area contributed by atoms with E-state index < -0.39 is 26.9 Å². The summed E-state index contributed by atoms with van der Waals surface area (Å²) in [5.41, 5.74) is 0. The first-order chi connectivity index (χ1) is 13.0. The van der Waals surface area contributed by atoms with Gasteiger partial charge < -0.3 is 15.4 Å². The minimum Gasteiger partial charge on any atom is -0.376 e. The number of amides is 2. The van der Waals surface area contributed by atoms with Crippen molar-refractivity contribution in [3.63, 3.8) is 0 Å². The van der Waals surface area contributed by atoms with Gasteiger partial charge in [0.2, 0.25) is 0 Å². The van der Waals surface area contributed by atoms with Crippen molar-refractivity contribution in [2.75, 3.05) is 19.7 Å². The highest BCUT2D eigenvalue weighted by Gasteiger charge is 2.32. The van der Waals surface area contributed by atoms with E-state index >= 15 is 0 Å². The summed E-state index contributed by atoms with van der Waals surface area (Å²) in [6.07, 6.45) is 1.72. The highest BCUT2D eigenvalue weighted by Crippen LogP contribution is 2.33. The molecule has 1 aliphatic rings. The molecule has 7 nitrogen and oxygen atoms in total. The van der Waals surface area contributed by atoms with Crippen LogP contribution in [0.1, 0.15) is 23.0 Å². The summed E-state index contributed by atoms with van der Waals surface area (Å²) in [4.78, 5) is 24.7. The van der Waals surface area contributed by atoms with E-state index in [-0.39, 0.29) is 23.4 Å². The first-order valence-corrected chi connectivity index (χ1v) is 11.8. The molecular formula is C17H20N2O5S3. The Balaban J connectivity index is 1.63. The fourth-order valence-electron chi connectivity index (χ4n) is 2.76. The van der Waals surface area contributed by atoms with Gasteiger partial charge in [0.1, 0.15) is 9.46 Å². The molecule has 0 unspecified atom stereocenters. The van der Waals surface area contributed by atoms with Gasteiger partial charge in [-0.15, -0.1) is 22.7 Å². The van der Waals surface area contributed by atoms with Crippen LogP contribution >= 0.6 is 22.7 Å². The Hall–Kier alpha value is -1.75. The lowest BCUT2D eigenvalue weighted by Crippen LogP contribution is -2.44. The maximum Gasteiger partial charge on any atom is 0.309 e. The van der Waals surface area contributed by atoms with Crippen molar-refractivity contribution in [2.45, 2.75) is 28.4 Å². The molecule has 0 aromatic carbocycles. The molecule has 3 rings (SSSR count). The summed E-state index contributed by atoms with van der Waals surface area (Å²) in [5.74, 6) is -1.64. The van der Waals surface area contributed by atoms with Gasteiger partial charge in [0.25, 0.3) is 0 Å². The van der Waals surface area contributed by atoms with Crippen LogP contribution < -0.4 is 10.6 Å². The van der Waals surface area contributed by atoms with Crippen LogP contribution in [0.5, 0.6) is 0 Å². The summed E-state index contributed by atoms with van der Waals surface area (Å²) >= 11 is 2.43. The third-order valence-electron chi connectivity index (χ3n) is 4.18. The van der Waals surface area contributed by atoms with Crippen molar-refractivity contribution < 1.29 is 22.7 Å². The molecule has 2 atom stereocenters. The number of rotatable bonds is 7. The highest BCUT2D eigenvalue weighted by molar-refractivity contribution is 7.93. The number of thiophene rings is 2. The maximum absolute atomic E-state index is 12.9. The second-order valence-corrected chi connectivity index (χ2v) is 10.3. The van der Waals surface area contributed by atoms with E-state index in [9.17, 15) is 18.0 Å².